The summed E-state index contributed by atoms with van der Waals surface area (Å²) < 4.78 is 0. The van der Waals surface area contributed by atoms with Crippen LogP contribution in [0.4, 0.5) is 0 Å². The predicted molar refractivity (Wildman–Crippen MR) is 72.2 cm³/mol. The fraction of sp³-hybridized carbons (Fsp3) is 0.385. The Morgan fingerprint density at radius 1 is 1.24 bits per heavy atom. The molecule has 0 aliphatic heterocycles. The molecule has 0 saturated heterocycles. The molecule has 0 atom stereocenters. The maximum Gasteiger partial charge on any atom is 0.148 e. The van der Waals surface area contributed by atoms with Gasteiger partial charge in [-0.25, -0.2) is 0 Å². The first-order chi connectivity index (χ1) is 8.22. The molecule has 0 unspecified atom stereocenters. The summed E-state index contributed by atoms with van der Waals surface area (Å²) in [4.78, 5) is 0. The summed E-state index contributed by atoms with van der Waals surface area (Å²) in [6.07, 6.45) is 0. The largest absolute Gasteiger partial charge is 0.311 e. The first-order valence-electron chi connectivity index (χ1n) is 5.82. The van der Waals surface area contributed by atoms with Crippen LogP contribution in [0.2, 0.25) is 0 Å². The first-order valence-corrected chi connectivity index (χ1v) is 6.63. The van der Waals surface area contributed by atoms with Gasteiger partial charge in [-0.1, -0.05) is 36.5 Å². The van der Waals surface area contributed by atoms with Crippen LogP contribution < -0.4 is 5.32 Å². The Morgan fingerprint density at radius 3 is 2.82 bits per heavy atom. The zero-order valence-corrected chi connectivity index (χ0v) is 11.3. The van der Waals surface area contributed by atoms with E-state index in [-0.39, 0.29) is 0 Å². The zero-order valence-electron chi connectivity index (χ0n) is 10.4. The molecule has 2 rings (SSSR count). The van der Waals surface area contributed by atoms with Gasteiger partial charge in [-0.2, -0.15) is 0 Å². The van der Waals surface area contributed by atoms with Crippen molar-refractivity contribution in [1.82, 2.24) is 15.5 Å². The molecule has 0 spiro atoms. The summed E-state index contributed by atoms with van der Waals surface area (Å²) in [5, 5.41) is 13.8. The van der Waals surface area contributed by atoms with Gasteiger partial charge in [0.1, 0.15) is 10.0 Å². The van der Waals surface area contributed by atoms with E-state index >= 15 is 0 Å². The van der Waals surface area contributed by atoms with E-state index in [4.69, 9.17) is 0 Å². The Labute approximate surface area is 106 Å². The second-order valence-electron chi connectivity index (χ2n) is 4.03. The van der Waals surface area contributed by atoms with Crippen molar-refractivity contribution in [2.75, 3.05) is 6.54 Å². The Hall–Kier alpha value is -1.26. The Balaban J connectivity index is 2.27. The van der Waals surface area contributed by atoms with E-state index < -0.39 is 0 Å². The van der Waals surface area contributed by atoms with Gasteiger partial charge in [0.25, 0.3) is 0 Å². The van der Waals surface area contributed by atoms with Gasteiger partial charge in [0.05, 0.1) is 0 Å². The standard InChI is InChI=1S/C13H17N3S/c1-4-14-8-12-15-16-13(17-12)11-7-5-6-9(2)10(11)3/h5-7,14H,4,8H2,1-3H3. The van der Waals surface area contributed by atoms with Crippen molar-refractivity contribution >= 4 is 11.3 Å². The van der Waals surface area contributed by atoms with Gasteiger partial charge < -0.3 is 5.32 Å². The number of nitrogens with one attached hydrogen (secondary N) is 1. The highest BCUT2D eigenvalue weighted by Gasteiger charge is 2.09. The molecule has 17 heavy (non-hydrogen) atoms. The fourth-order valence-electron chi connectivity index (χ4n) is 1.65. The van der Waals surface area contributed by atoms with Crippen molar-refractivity contribution in [2.45, 2.75) is 27.3 Å². The van der Waals surface area contributed by atoms with Crippen LogP contribution in [0.5, 0.6) is 0 Å². The molecule has 90 valence electrons. The van der Waals surface area contributed by atoms with Gasteiger partial charge in [0.15, 0.2) is 0 Å². The van der Waals surface area contributed by atoms with Gasteiger partial charge in [-0.3, -0.25) is 0 Å². The Kier molecular flexibility index (Phi) is 3.86. The van der Waals surface area contributed by atoms with Crippen molar-refractivity contribution in [3.8, 4) is 10.6 Å². The molecule has 4 heteroatoms. The van der Waals surface area contributed by atoms with Crippen molar-refractivity contribution < 1.29 is 0 Å². The van der Waals surface area contributed by atoms with Crippen LogP contribution in [0.3, 0.4) is 0 Å². The number of rotatable bonds is 4. The second-order valence-corrected chi connectivity index (χ2v) is 5.09. The highest BCUT2D eigenvalue weighted by Crippen LogP contribution is 2.27. The van der Waals surface area contributed by atoms with E-state index in [0.29, 0.717) is 0 Å². The van der Waals surface area contributed by atoms with Crippen LogP contribution in [0.15, 0.2) is 18.2 Å². The minimum Gasteiger partial charge on any atom is -0.311 e. The third kappa shape index (κ3) is 2.70. The smallest absolute Gasteiger partial charge is 0.148 e. The normalized spacial score (nSPS) is 10.8. The van der Waals surface area contributed by atoms with Gasteiger partial charge in [0.2, 0.25) is 0 Å². The van der Waals surface area contributed by atoms with Crippen molar-refractivity contribution in [2.24, 2.45) is 0 Å². The predicted octanol–water partition coefficient (Wildman–Crippen LogP) is 2.93. The van der Waals surface area contributed by atoms with Gasteiger partial charge in [0, 0.05) is 12.1 Å². The zero-order chi connectivity index (χ0) is 12.3. The average Bonchev–Trinajstić information content (AvgIpc) is 2.78. The van der Waals surface area contributed by atoms with Crippen molar-refractivity contribution in [1.29, 1.82) is 0 Å². The molecular weight excluding hydrogens is 230 g/mol. The van der Waals surface area contributed by atoms with E-state index in [1.54, 1.807) is 11.3 Å². The molecule has 0 bridgehead atoms. The maximum absolute atomic E-state index is 4.27. The van der Waals surface area contributed by atoms with Crippen LogP contribution in [0.25, 0.3) is 10.6 Å². The van der Waals surface area contributed by atoms with Crippen LogP contribution in [-0.2, 0) is 6.54 Å². The molecule has 1 aromatic carbocycles. The monoisotopic (exact) mass is 247 g/mol. The lowest BCUT2D eigenvalue weighted by Gasteiger charge is -2.04. The Bertz CT molecular complexity index is 505. The van der Waals surface area contributed by atoms with E-state index in [9.17, 15) is 0 Å². The second kappa shape index (κ2) is 5.38. The van der Waals surface area contributed by atoms with Gasteiger partial charge in [-0.05, 0) is 31.5 Å². The molecule has 1 heterocycles. The topological polar surface area (TPSA) is 37.8 Å². The summed E-state index contributed by atoms with van der Waals surface area (Å²) in [5.41, 5.74) is 3.79. The van der Waals surface area contributed by atoms with Gasteiger partial charge >= 0.3 is 0 Å². The van der Waals surface area contributed by atoms with E-state index in [2.05, 4.69) is 54.5 Å². The minimum absolute atomic E-state index is 0.805. The highest BCUT2D eigenvalue weighted by atomic mass is 32.1. The fourth-order valence-corrected chi connectivity index (χ4v) is 2.54. The number of aryl methyl sites for hydroxylation is 1. The highest BCUT2D eigenvalue weighted by molar-refractivity contribution is 7.14. The number of benzene rings is 1. The molecule has 0 aliphatic rings. The molecule has 0 saturated carbocycles. The quantitative estimate of drug-likeness (QED) is 0.902. The molecule has 3 nitrogen and oxygen atoms in total. The molecule has 0 fully saturated rings. The van der Waals surface area contributed by atoms with Crippen molar-refractivity contribution in [3.63, 3.8) is 0 Å². The minimum atomic E-state index is 0.805. The molecule has 0 radical (unpaired) electrons. The molecule has 0 aliphatic carbocycles. The number of hydrogen-bond acceptors (Lipinski definition) is 4. The number of aromatic nitrogens is 2. The lowest BCUT2D eigenvalue weighted by Crippen LogP contribution is -2.11. The third-order valence-electron chi connectivity index (χ3n) is 2.83. The first kappa shape index (κ1) is 12.2. The van der Waals surface area contributed by atoms with Crippen LogP contribution in [0.1, 0.15) is 23.1 Å². The lowest BCUT2D eigenvalue weighted by atomic mass is 10.0. The number of hydrogen-bond donors (Lipinski definition) is 1. The average molecular weight is 247 g/mol. The van der Waals surface area contributed by atoms with Crippen LogP contribution in [-0.4, -0.2) is 16.7 Å². The lowest BCUT2D eigenvalue weighted by molar-refractivity contribution is 0.715. The summed E-state index contributed by atoms with van der Waals surface area (Å²) in [6, 6.07) is 6.31. The Morgan fingerprint density at radius 2 is 2.06 bits per heavy atom. The molecule has 1 aromatic heterocycles. The van der Waals surface area contributed by atoms with Gasteiger partial charge in [-0.15, -0.1) is 10.2 Å². The molecule has 1 N–H and O–H groups in total. The van der Waals surface area contributed by atoms with Crippen molar-refractivity contribution in [3.05, 3.63) is 34.3 Å². The summed E-state index contributed by atoms with van der Waals surface area (Å²) >= 11 is 1.66. The maximum atomic E-state index is 4.27. The molecule has 0 amide bonds. The summed E-state index contributed by atoms with van der Waals surface area (Å²) in [6.45, 7) is 8.11. The summed E-state index contributed by atoms with van der Waals surface area (Å²) in [5.74, 6) is 0. The SMILES string of the molecule is CCNCc1nnc(-c2cccc(C)c2C)s1. The number of nitrogens with zero attached hydrogens (tertiary/aromatic N) is 2. The molecular formula is C13H17N3S. The molecule has 2 aromatic rings. The summed E-state index contributed by atoms with van der Waals surface area (Å²) in [7, 11) is 0. The third-order valence-corrected chi connectivity index (χ3v) is 3.78. The van der Waals surface area contributed by atoms with E-state index in [1.165, 1.54) is 16.7 Å². The van der Waals surface area contributed by atoms with E-state index in [1.807, 2.05) is 0 Å². The van der Waals surface area contributed by atoms with Crippen LogP contribution >= 0.6 is 11.3 Å². The van der Waals surface area contributed by atoms with Crippen LogP contribution in [0, 0.1) is 13.8 Å². The van der Waals surface area contributed by atoms with E-state index in [0.717, 1.165) is 23.1 Å².